The topological polar surface area (TPSA) is 80.4 Å². The van der Waals surface area contributed by atoms with Crippen LogP contribution < -0.4 is 5.73 Å². The number of hydrogen-bond donors (Lipinski definition) is 2. The Labute approximate surface area is 112 Å². The van der Waals surface area contributed by atoms with E-state index in [2.05, 4.69) is 0 Å². The molecular weight excluding hydrogens is 274 g/mol. The zero-order valence-electron chi connectivity index (χ0n) is 9.84. The van der Waals surface area contributed by atoms with E-state index in [1.165, 1.54) is 0 Å². The van der Waals surface area contributed by atoms with Crippen LogP contribution in [-0.2, 0) is 9.84 Å². The first kappa shape index (κ1) is 13.8. The van der Waals surface area contributed by atoms with Gasteiger partial charge in [-0.1, -0.05) is 23.7 Å². The van der Waals surface area contributed by atoms with Crippen molar-refractivity contribution in [2.75, 3.05) is 18.1 Å². The first-order valence-electron chi connectivity index (χ1n) is 5.73. The summed E-state index contributed by atoms with van der Waals surface area (Å²) in [4.78, 5) is 0. The number of aliphatic hydroxyl groups excluding tert-OH is 1. The largest absolute Gasteiger partial charge is 0.388 e. The van der Waals surface area contributed by atoms with Crippen molar-refractivity contribution in [3.05, 3.63) is 34.9 Å². The number of hydrogen-bond acceptors (Lipinski definition) is 4. The van der Waals surface area contributed by atoms with Gasteiger partial charge in [-0.05, 0) is 24.1 Å². The van der Waals surface area contributed by atoms with E-state index in [4.69, 9.17) is 17.3 Å². The molecule has 0 bridgehead atoms. The van der Waals surface area contributed by atoms with Crippen molar-refractivity contribution >= 4 is 21.4 Å². The smallest absolute Gasteiger partial charge is 0.151 e. The third-order valence-electron chi connectivity index (χ3n) is 3.57. The quantitative estimate of drug-likeness (QED) is 0.874. The standard InChI is InChI=1S/C12H16ClNO3S/c13-10-3-1-2-9(6-10)11(15)12(7-14)4-5-18(16,17)8-12/h1-3,6,11,15H,4-5,7-8,14H2. The molecule has 1 aromatic carbocycles. The van der Waals surface area contributed by atoms with Gasteiger partial charge in [0.25, 0.3) is 0 Å². The van der Waals surface area contributed by atoms with E-state index in [9.17, 15) is 13.5 Å². The predicted molar refractivity (Wildman–Crippen MR) is 71.2 cm³/mol. The minimum absolute atomic E-state index is 0.0653. The molecule has 1 fully saturated rings. The van der Waals surface area contributed by atoms with Gasteiger partial charge in [-0.2, -0.15) is 0 Å². The van der Waals surface area contributed by atoms with Gasteiger partial charge in [0.2, 0.25) is 0 Å². The lowest BCUT2D eigenvalue weighted by Crippen LogP contribution is -2.38. The highest BCUT2D eigenvalue weighted by Crippen LogP contribution is 2.42. The fraction of sp³-hybridized carbons (Fsp3) is 0.500. The normalized spacial score (nSPS) is 28.2. The first-order valence-corrected chi connectivity index (χ1v) is 7.92. The summed E-state index contributed by atoms with van der Waals surface area (Å²) in [5.74, 6) is 0.0198. The Morgan fingerprint density at radius 1 is 1.50 bits per heavy atom. The molecule has 100 valence electrons. The summed E-state index contributed by atoms with van der Waals surface area (Å²) in [6.45, 7) is 0.139. The lowest BCUT2D eigenvalue weighted by molar-refractivity contribution is 0.0472. The summed E-state index contributed by atoms with van der Waals surface area (Å²) in [5.41, 5.74) is 5.54. The number of nitrogens with two attached hydrogens (primary N) is 1. The Bertz CT molecular complexity index is 546. The van der Waals surface area contributed by atoms with Gasteiger partial charge in [0.15, 0.2) is 9.84 Å². The SMILES string of the molecule is NCC1(C(O)c2cccc(Cl)c2)CCS(=O)(=O)C1. The van der Waals surface area contributed by atoms with Crippen molar-refractivity contribution < 1.29 is 13.5 Å². The highest BCUT2D eigenvalue weighted by atomic mass is 35.5. The third kappa shape index (κ3) is 2.54. The molecule has 2 rings (SSSR count). The molecule has 2 atom stereocenters. The van der Waals surface area contributed by atoms with Crippen LogP contribution in [0.2, 0.25) is 5.02 Å². The Balaban J connectivity index is 2.34. The molecule has 0 spiro atoms. The van der Waals surface area contributed by atoms with E-state index in [1.807, 2.05) is 0 Å². The van der Waals surface area contributed by atoms with Crippen molar-refractivity contribution in [1.29, 1.82) is 0 Å². The molecule has 1 aliphatic rings. The summed E-state index contributed by atoms with van der Waals surface area (Å²) in [6, 6.07) is 6.82. The summed E-state index contributed by atoms with van der Waals surface area (Å²) in [5, 5.41) is 10.9. The second-order valence-electron chi connectivity index (χ2n) is 4.87. The highest BCUT2D eigenvalue weighted by Gasteiger charge is 2.46. The zero-order chi connectivity index (χ0) is 13.4. The highest BCUT2D eigenvalue weighted by molar-refractivity contribution is 7.91. The van der Waals surface area contributed by atoms with Crippen LogP contribution >= 0.6 is 11.6 Å². The summed E-state index contributed by atoms with van der Waals surface area (Å²) < 4.78 is 23.2. The second-order valence-corrected chi connectivity index (χ2v) is 7.49. The van der Waals surface area contributed by atoms with E-state index >= 15 is 0 Å². The molecule has 18 heavy (non-hydrogen) atoms. The maximum Gasteiger partial charge on any atom is 0.151 e. The molecule has 1 aliphatic heterocycles. The fourth-order valence-corrected chi connectivity index (χ4v) is 4.82. The van der Waals surface area contributed by atoms with Crippen LogP contribution in [-0.4, -0.2) is 31.6 Å². The molecule has 0 aliphatic carbocycles. The first-order chi connectivity index (χ1) is 8.38. The maximum atomic E-state index is 11.6. The summed E-state index contributed by atoms with van der Waals surface area (Å²) in [6.07, 6.45) is -0.516. The second kappa shape index (κ2) is 4.81. The predicted octanol–water partition coefficient (Wildman–Crippen LogP) is 1.14. The van der Waals surface area contributed by atoms with Gasteiger partial charge in [0.1, 0.15) is 0 Å². The molecule has 6 heteroatoms. The van der Waals surface area contributed by atoms with Gasteiger partial charge in [-0.3, -0.25) is 0 Å². The van der Waals surface area contributed by atoms with Crippen LogP contribution in [0.4, 0.5) is 0 Å². The van der Waals surface area contributed by atoms with E-state index in [0.29, 0.717) is 17.0 Å². The number of benzene rings is 1. The van der Waals surface area contributed by atoms with E-state index < -0.39 is 21.4 Å². The van der Waals surface area contributed by atoms with Gasteiger partial charge in [0, 0.05) is 17.0 Å². The fourth-order valence-electron chi connectivity index (χ4n) is 2.46. The monoisotopic (exact) mass is 289 g/mol. The lowest BCUT2D eigenvalue weighted by atomic mass is 9.78. The van der Waals surface area contributed by atoms with Crippen LogP contribution in [0.3, 0.4) is 0 Å². The Hall–Kier alpha value is -0.620. The zero-order valence-corrected chi connectivity index (χ0v) is 11.4. The molecule has 4 nitrogen and oxygen atoms in total. The van der Waals surface area contributed by atoms with Gasteiger partial charge in [-0.25, -0.2) is 8.42 Å². The number of rotatable bonds is 3. The average molecular weight is 290 g/mol. The number of sulfone groups is 1. The van der Waals surface area contributed by atoms with Crippen molar-refractivity contribution in [2.45, 2.75) is 12.5 Å². The molecule has 1 heterocycles. The van der Waals surface area contributed by atoms with Crippen LogP contribution in [0.15, 0.2) is 24.3 Å². The van der Waals surface area contributed by atoms with Gasteiger partial charge in [-0.15, -0.1) is 0 Å². The average Bonchev–Trinajstić information content (AvgIpc) is 2.65. The van der Waals surface area contributed by atoms with Gasteiger partial charge >= 0.3 is 0 Å². The minimum atomic E-state index is -3.10. The molecule has 1 aromatic rings. The van der Waals surface area contributed by atoms with E-state index in [-0.39, 0.29) is 18.1 Å². The van der Waals surface area contributed by atoms with Crippen molar-refractivity contribution in [3.63, 3.8) is 0 Å². The number of halogens is 1. The Morgan fingerprint density at radius 3 is 2.72 bits per heavy atom. The maximum absolute atomic E-state index is 11.6. The molecule has 0 saturated carbocycles. The summed E-state index contributed by atoms with van der Waals surface area (Å²) in [7, 11) is -3.10. The Kier molecular flexibility index (Phi) is 3.69. The molecule has 0 aromatic heterocycles. The van der Waals surface area contributed by atoms with Crippen LogP contribution in [0.5, 0.6) is 0 Å². The molecule has 0 amide bonds. The van der Waals surface area contributed by atoms with Gasteiger partial charge < -0.3 is 10.8 Å². The molecule has 1 saturated heterocycles. The molecule has 0 radical (unpaired) electrons. The van der Waals surface area contributed by atoms with Crippen LogP contribution in [0.25, 0.3) is 0 Å². The van der Waals surface area contributed by atoms with E-state index in [0.717, 1.165) is 0 Å². The summed E-state index contributed by atoms with van der Waals surface area (Å²) >= 11 is 5.88. The minimum Gasteiger partial charge on any atom is -0.388 e. The van der Waals surface area contributed by atoms with E-state index in [1.54, 1.807) is 24.3 Å². The van der Waals surface area contributed by atoms with Gasteiger partial charge in [0.05, 0.1) is 17.6 Å². The van der Waals surface area contributed by atoms with Crippen LogP contribution in [0, 0.1) is 5.41 Å². The molecular formula is C12H16ClNO3S. The third-order valence-corrected chi connectivity index (χ3v) is 5.65. The van der Waals surface area contributed by atoms with Crippen molar-refractivity contribution in [2.24, 2.45) is 11.1 Å². The van der Waals surface area contributed by atoms with Crippen LogP contribution in [0.1, 0.15) is 18.1 Å². The number of aliphatic hydroxyl groups is 1. The van der Waals surface area contributed by atoms with Crippen molar-refractivity contribution in [1.82, 2.24) is 0 Å². The lowest BCUT2D eigenvalue weighted by Gasteiger charge is -2.32. The molecule has 3 N–H and O–H groups in total. The van der Waals surface area contributed by atoms with Crippen molar-refractivity contribution in [3.8, 4) is 0 Å². The Morgan fingerprint density at radius 2 is 2.22 bits per heavy atom. The molecule has 2 unspecified atom stereocenters.